The predicted molar refractivity (Wildman–Crippen MR) is 131 cm³/mol. The minimum absolute atomic E-state index is 0.278. The molecule has 2 aromatic rings. The van der Waals surface area contributed by atoms with Gasteiger partial charge in [0.15, 0.2) is 0 Å². The van der Waals surface area contributed by atoms with E-state index in [-0.39, 0.29) is 11.1 Å². The van der Waals surface area contributed by atoms with Crippen molar-refractivity contribution in [3.63, 3.8) is 0 Å². The van der Waals surface area contributed by atoms with Crippen LogP contribution in [0.4, 0.5) is 11.4 Å². The number of carbonyl (C=O) groups is 6. The van der Waals surface area contributed by atoms with E-state index in [9.17, 15) is 28.8 Å². The maximum atomic E-state index is 13.6. The maximum absolute atomic E-state index is 13.6. The van der Waals surface area contributed by atoms with Gasteiger partial charge in [0.05, 0.1) is 60.4 Å². The van der Waals surface area contributed by atoms with E-state index in [2.05, 4.69) is 0 Å². The SMILES string of the molecule is COC(=O)c1ccc(N2C(=O)[C@@H]3C4C=CC([C@H]3C2=O)[C@@H]2C(=O)N(c3ccc(C(=O)OC)cc3)C(=O)[C@H]42)cc1. The van der Waals surface area contributed by atoms with Gasteiger partial charge in [-0.15, -0.1) is 0 Å². The van der Waals surface area contributed by atoms with Crippen molar-refractivity contribution in [2.75, 3.05) is 24.0 Å². The van der Waals surface area contributed by atoms with Gasteiger partial charge < -0.3 is 9.47 Å². The van der Waals surface area contributed by atoms with Gasteiger partial charge in [-0.05, 0) is 48.5 Å². The molecule has 0 aromatic heterocycles. The Morgan fingerprint density at radius 3 is 1.11 bits per heavy atom. The molecular formula is C28H22N2O8. The number of benzene rings is 2. The summed E-state index contributed by atoms with van der Waals surface area (Å²) < 4.78 is 9.40. The van der Waals surface area contributed by atoms with Crippen LogP contribution in [0.1, 0.15) is 20.7 Å². The van der Waals surface area contributed by atoms with E-state index in [1.165, 1.54) is 62.8 Å². The fourth-order valence-corrected chi connectivity index (χ4v) is 6.46. The minimum atomic E-state index is -0.766. The number of rotatable bonds is 4. The zero-order chi connectivity index (χ0) is 26.9. The first kappa shape index (κ1) is 23.8. The Kier molecular flexibility index (Phi) is 5.30. The Bertz CT molecular complexity index is 1290. The Balaban J connectivity index is 1.31. The number of methoxy groups -OCH3 is 2. The van der Waals surface area contributed by atoms with Crippen molar-refractivity contribution in [3.8, 4) is 0 Å². The molecule has 2 aliphatic heterocycles. The summed E-state index contributed by atoms with van der Waals surface area (Å²) in [5, 5.41) is 0. The number of imide groups is 2. The van der Waals surface area contributed by atoms with Crippen LogP contribution in [-0.4, -0.2) is 49.8 Å². The summed E-state index contributed by atoms with van der Waals surface area (Å²) in [7, 11) is 2.52. The molecule has 38 heavy (non-hydrogen) atoms. The molecule has 2 aromatic carbocycles. The lowest BCUT2D eigenvalue weighted by Gasteiger charge is -2.44. The number of ether oxygens (including phenoxy) is 2. The number of anilines is 2. The first-order valence-electron chi connectivity index (χ1n) is 12.1. The third-order valence-electron chi connectivity index (χ3n) is 8.10. The number of allylic oxidation sites excluding steroid dienone is 2. The van der Waals surface area contributed by atoms with Crippen molar-refractivity contribution >= 4 is 46.9 Å². The van der Waals surface area contributed by atoms with E-state index in [4.69, 9.17) is 9.47 Å². The van der Waals surface area contributed by atoms with Gasteiger partial charge in [-0.25, -0.2) is 9.59 Å². The lowest BCUT2D eigenvalue weighted by Crippen LogP contribution is -2.50. The van der Waals surface area contributed by atoms with Crippen LogP contribution >= 0.6 is 0 Å². The highest BCUT2D eigenvalue weighted by Gasteiger charge is 2.68. The van der Waals surface area contributed by atoms with Crippen LogP contribution in [0.5, 0.6) is 0 Å². The molecule has 3 aliphatic carbocycles. The van der Waals surface area contributed by atoms with Crippen LogP contribution < -0.4 is 9.80 Å². The molecule has 2 bridgehead atoms. The van der Waals surface area contributed by atoms with Crippen LogP contribution in [0.25, 0.3) is 0 Å². The number of hydrogen-bond donors (Lipinski definition) is 0. The molecule has 192 valence electrons. The zero-order valence-corrected chi connectivity index (χ0v) is 20.4. The third-order valence-corrected chi connectivity index (χ3v) is 8.10. The smallest absolute Gasteiger partial charge is 0.337 e. The number of amides is 4. The van der Waals surface area contributed by atoms with Crippen molar-refractivity contribution in [2.24, 2.45) is 35.5 Å². The van der Waals surface area contributed by atoms with Gasteiger partial charge in [-0.1, -0.05) is 12.2 Å². The summed E-state index contributed by atoms with van der Waals surface area (Å²) in [4.78, 5) is 80.1. The van der Waals surface area contributed by atoms with E-state index in [1.807, 2.05) is 0 Å². The van der Waals surface area contributed by atoms with E-state index in [0.29, 0.717) is 11.4 Å². The standard InChI is InChI=1S/C28H22N2O8/c1-37-27(35)13-3-7-15(8-4-13)29-23(31)19-17-11-12-18(20(19)24(29)32)22-21(17)25(33)30(26(22)34)16-9-5-14(6-10-16)28(36)38-2/h3-12,17-22H,1-2H3/t17?,18?,19-,20-,21-,22+/m1/s1. The van der Waals surface area contributed by atoms with Crippen molar-refractivity contribution in [2.45, 2.75) is 0 Å². The predicted octanol–water partition coefficient (Wildman–Crippen LogP) is 1.99. The Morgan fingerprint density at radius 2 is 0.842 bits per heavy atom. The lowest BCUT2D eigenvalue weighted by molar-refractivity contribution is -0.137. The molecule has 0 N–H and O–H groups in total. The molecule has 10 nitrogen and oxygen atoms in total. The van der Waals surface area contributed by atoms with Gasteiger partial charge in [0.1, 0.15) is 0 Å². The maximum Gasteiger partial charge on any atom is 0.337 e. The Labute approximate surface area is 216 Å². The molecule has 5 aliphatic rings. The van der Waals surface area contributed by atoms with Crippen molar-refractivity contribution in [3.05, 3.63) is 71.8 Å². The van der Waals surface area contributed by atoms with Crippen LogP contribution in [0.15, 0.2) is 60.7 Å². The molecule has 2 unspecified atom stereocenters. The summed E-state index contributed by atoms with van der Waals surface area (Å²) in [6.45, 7) is 0. The molecule has 1 saturated carbocycles. The van der Waals surface area contributed by atoms with E-state index in [0.717, 1.165) is 9.80 Å². The average Bonchev–Trinajstić information content (AvgIpc) is 3.39. The highest BCUT2D eigenvalue weighted by Crippen LogP contribution is 2.58. The fourth-order valence-electron chi connectivity index (χ4n) is 6.46. The quantitative estimate of drug-likeness (QED) is 0.344. The normalized spacial score (nSPS) is 29.0. The first-order valence-corrected chi connectivity index (χ1v) is 12.1. The Morgan fingerprint density at radius 1 is 0.553 bits per heavy atom. The molecule has 0 radical (unpaired) electrons. The molecule has 7 rings (SSSR count). The van der Waals surface area contributed by atoms with Gasteiger partial charge in [0.2, 0.25) is 23.6 Å². The van der Waals surface area contributed by atoms with E-state index < -0.39 is 71.1 Å². The summed E-state index contributed by atoms with van der Waals surface area (Å²) in [6.07, 6.45) is 3.58. The average molecular weight is 514 g/mol. The van der Waals surface area contributed by atoms with Crippen LogP contribution in [0.2, 0.25) is 0 Å². The monoisotopic (exact) mass is 514 g/mol. The van der Waals surface area contributed by atoms with Crippen molar-refractivity contribution in [1.29, 1.82) is 0 Å². The minimum Gasteiger partial charge on any atom is -0.465 e. The third kappa shape index (κ3) is 3.12. The lowest BCUT2D eigenvalue weighted by atomic mass is 9.54. The fraction of sp³-hybridized carbons (Fsp3) is 0.286. The molecule has 6 atom stereocenters. The van der Waals surface area contributed by atoms with Crippen LogP contribution in [0.3, 0.4) is 0 Å². The van der Waals surface area contributed by atoms with Gasteiger partial charge in [-0.2, -0.15) is 0 Å². The summed E-state index contributed by atoms with van der Waals surface area (Å²) in [5.74, 6) is -7.07. The summed E-state index contributed by atoms with van der Waals surface area (Å²) in [6, 6.07) is 11.9. The first-order chi connectivity index (χ1) is 18.3. The number of hydrogen-bond acceptors (Lipinski definition) is 8. The van der Waals surface area contributed by atoms with Gasteiger partial charge in [-0.3, -0.25) is 29.0 Å². The highest BCUT2D eigenvalue weighted by atomic mass is 16.5. The van der Waals surface area contributed by atoms with E-state index in [1.54, 1.807) is 12.2 Å². The molecule has 10 heteroatoms. The van der Waals surface area contributed by atoms with Gasteiger partial charge in [0.25, 0.3) is 0 Å². The number of nitrogens with zero attached hydrogens (tertiary/aromatic N) is 2. The highest BCUT2D eigenvalue weighted by molar-refractivity contribution is 6.26. The van der Waals surface area contributed by atoms with E-state index >= 15 is 0 Å². The summed E-state index contributed by atoms with van der Waals surface area (Å²) >= 11 is 0. The van der Waals surface area contributed by atoms with Crippen LogP contribution in [0, 0.1) is 35.5 Å². The second-order valence-electron chi connectivity index (χ2n) is 9.74. The van der Waals surface area contributed by atoms with Gasteiger partial charge in [0, 0.05) is 11.8 Å². The molecule has 0 spiro atoms. The second kappa shape index (κ2) is 8.47. The van der Waals surface area contributed by atoms with Crippen molar-refractivity contribution in [1.82, 2.24) is 0 Å². The number of esters is 2. The molecule has 2 heterocycles. The Hall–Kier alpha value is -4.60. The van der Waals surface area contributed by atoms with Gasteiger partial charge >= 0.3 is 11.9 Å². The van der Waals surface area contributed by atoms with Crippen molar-refractivity contribution < 1.29 is 38.2 Å². The second-order valence-corrected chi connectivity index (χ2v) is 9.74. The molecular weight excluding hydrogens is 492 g/mol. The zero-order valence-electron chi connectivity index (χ0n) is 20.4. The molecule has 4 amide bonds. The van der Waals surface area contributed by atoms with Crippen LogP contribution in [-0.2, 0) is 28.7 Å². The summed E-state index contributed by atoms with van der Waals surface area (Å²) in [5.41, 5.74) is 1.19. The molecule has 2 saturated heterocycles. The topological polar surface area (TPSA) is 127 Å². The largest absolute Gasteiger partial charge is 0.465 e. The number of carbonyl (C=O) groups excluding carboxylic acids is 6. The molecule has 3 fully saturated rings.